The number of aromatic nitrogens is 1. The van der Waals surface area contributed by atoms with Crippen LogP contribution in [0.25, 0.3) is 0 Å². The maximum atomic E-state index is 9.74. The zero-order valence-electron chi connectivity index (χ0n) is 10.3. The van der Waals surface area contributed by atoms with Crippen LogP contribution in [-0.4, -0.2) is 10.1 Å². The van der Waals surface area contributed by atoms with Gasteiger partial charge in [-0.3, -0.25) is 4.98 Å². The van der Waals surface area contributed by atoms with E-state index in [1.165, 1.54) is 0 Å². The molecule has 1 atom stereocenters. The third-order valence-electron chi connectivity index (χ3n) is 2.66. The van der Waals surface area contributed by atoms with Crippen molar-refractivity contribution in [1.82, 2.24) is 4.98 Å². The largest absolute Gasteiger partial charge is 0.488 e. The van der Waals surface area contributed by atoms with Gasteiger partial charge in [0, 0.05) is 28.0 Å². The summed E-state index contributed by atoms with van der Waals surface area (Å²) in [5.41, 5.74) is 1.59. The van der Waals surface area contributed by atoms with Gasteiger partial charge in [0.1, 0.15) is 12.4 Å². The minimum absolute atomic E-state index is 0.336. The van der Waals surface area contributed by atoms with E-state index in [0.717, 1.165) is 15.6 Å². The highest BCUT2D eigenvalue weighted by Crippen LogP contribution is 2.29. The molecule has 0 fully saturated rings. The number of aliphatic hydroxyl groups excluding tert-OH is 1. The molecule has 1 aromatic carbocycles. The number of nitrogens with zero attached hydrogens (tertiary/aromatic N) is 1. The topological polar surface area (TPSA) is 42.4 Å². The van der Waals surface area contributed by atoms with Crippen LogP contribution < -0.4 is 4.74 Å². The minimum Gasteiger partial charge on any atom is -0.488 e. The molecule has 1 aromatic heterocycles. The average Bonchev–Trinajstić information content (AvgIpc) is 2.38. The van der Waals surface area contributed by atoms with Crippen LogP contribution in [0.15, 0.2) is 41.1 Å². The first-order valence-electron chi connectivity index (χ1n) is 5.76. The van der Waals surface area contributed by atoms with Crippen molar-refractivity contribution >= 4 is 27.5 Å². The Kier molecular flexibility index (Phi) is 4.80. The highest BCUT2D eigenvalue weighted by molar-refractivity contribution is 9.10. The van der Waals surface area contributed by atoms with E-state index in [0.29, 0.717) is 17.4 Å². The number of halogens is 2. The maximum Gasteiger partial charge on any atom is 0.125 e. The van der Waals surface area contributed by atoms with Crippen LogP contribution in [0.4, 0.5) is 0 Å². The summed E-state index contributed by atoms with van der Waals surface area (Å²) in [6, 6.07) is 7.34. The van der Waals surface area contributed by atoms with E-state index in [1.807, 2.05) is 24.3 Å². The summed E-state index contributed by atoms with van der Waals surface area (Å²) in [5.74, 6) is 0.645. The number of rotatable bonds is 4. The number of aliphatic hydroxyl groups is 1. The van der Waals surface area contributed by atoms with Crippen molar-refractivity contribution < 1.29 is 9.84 Å². The lowest BCUT2D eigenvalue weighted by Crippen LogP contribution is -2.01. The van der Waals surface area contributed by atoms with Gasteiger partial charge in [0.15, 0.2) is 0 Å². The molecular formula is C14H13BrClNO2. The third kappa shape index (κ3) is 3.69. The summed E-state index contributed by atoms with van der Waals surface area (Å²) >= 11 is 9.39. The second kappa shape index (κ2) is 6.37. The molecule has 3 nitrogen and oxygen atoms in total. The van der Waals surface area contributed by atoms with E-state index in [4.69, 9.17) is 16.3 Å². The van der Waals surface area contributed by atoms with E-state index >= 15 is 0 Å². The smallest absolute Gasteiger partial charge is 0.125 e. The highest BCUT2D eigenvalue weighted by atomic mass is 79.9. The van der Waals surface area contributed by atoms with Crippen LogP contribution >= 0.6 is 27.5 Å². The zero-order chi connectivity index (χ0) is 13.8. The molecular weight excluding hydrogens is 330 g/mol. The molecule has 0 aliphatic rings. The molecule has 5 heteroatoms. The number of hydrogen-bond donors (Lipinski definition) is 1. The molecule has 0 unspecified atom stereocenters. The molecule has 0 aliphatic carbocycles. The zero-order valence-corrected chi connectivity index (χ0v) is 12.6. The van der Waals surface area contributed by atoms with Gasteiger partial charge in [0.25, 0.3) is 0 Å². The second-order valence-corrected chi connectivity index (χ2v) is 5.44. The molecule has 100 valence electrons. The number of pyridine rings is 1. The van der Waals surface area contributed by atoms with Gasteiger partial charge in [-0.05, 0) is 31.2 Å². The van der Waals surface area contributed by atoms with Gasteiger partial charge < -0.3 is 9.84 Å². The van der Waals surface area contributed by atoms with Crippen molar-refractivity contribution in [3.05, 3.63) is 57.3 Å². The van der Waals surface area contributed by atoms with Gasteiger partial charge in [-0.25, -0.2) is 0 Å². The van der Waals surface area contributed by atoms with Crippen LogP contribution in [0.3, 0.4) is 0 Å². The predicted molar refractivity (Wildman–Crippen MR) is 78.4 cm³/mol. The third-order valence-corrected chi connectivity index (χ3v) is 3.50. The van der Waals surface area contributed by atoms with Crippen molar-refractivity contribution in [3.8, 4) is 5.75 Å². The van der Waals surface area contributed by atoms with E-state index in [-0.39, 0.29) is 0 Å². The van der Waals surface area contributed by atoms with Gasteiger partial charge >= 0.3 is 0 Å². The molecule has 0 radical (unpaired) electrons. The van der Waals surface area contributed by atoms with Gasteiger partial charge in [-0.1, -0.05) is 27.5 Å². The quantitative estimate of drug-likeness (QED) is 0.908. The van der Waals surface area contributed by atoms with Crippen molar-refractivity contribution in [1.29, 1.82) is 0 Å². The lowest BCUT2D eigenvalue weighted by molar-refractivity contribution is 0.190. The van der Waals surface area contributed by atoms with Gasteiger partial charge in [-0.15, -0.1) is 0 Å². The van der Waals surface area contributed by atoms with E-state index < -0.39 is 6.10 Å². The predicted octanol–water partition coefficient (Wildman–Crippen LogP) is 4.13. The van der Waals surface area contributed by atoms with Crippen molar-refractivity contribution in [2.45, 2.75) is 19.6 Å². The van der Waals surface area contributed by atoms with Crippen molar-refractivity contribution in [3.63, 3.8) is 0 Å². The van der Waals surface area contributed by atoms with E-state index in [9.17, 15) is 5.11 Å². The maximum absolute atomic E-state index is 9.74. The summed E-state index contributed by atoms with van der Waals surface area (Å²) in [4.78, 5) is 3.92. The molecule has 0 amide bonds. The molecule has 0 aliphatic heterocycles. The van der Waals surface area contributed by atoms with Crippen LogP contribution in [0, 0.1) is 0 Å². The lowest BCUT2D eigenvalue weighted by atomic mass is 10.1. The summed E-state index contributed by atoms with van der Waals surface area (Å²) in [5, 5.41) is 10.3. The summed E-state index contributed by atoms with van der Waals surface area (Å²) in [6.45, 7) is 2.04. The molecule has 0 bridgehead atoms. The van der Waals surface area contributed by atoms with Crippen LogP contribution in [0.2, 0.25) is 5.02 Å². The molecule has 0 saturated heterocycles. The molecule has 2 rings (SSSR count). The molecule has 0 spiro atoms. The molecule has 1 N–H and O–H groups in total. The average molecular weight is 343 g/mol. The summed E-state index contributed by atoms with van der Waals surface area (Å²) in [6.07, 6.45) is 2.65. The Bertz CT molecular complexity index is 575. The Labute approximate surface area is 125 Å². The summed E-state index contributed by atoms with van der Waals surface area (Å²) in [7, 11) is 0. The number of ether oxygens (including phenoxy) is 1. The van der Waals surface area contributed by atoms with Crippen molar-refractivity contribution in [2.75, 3.05) is 0 Å². The SMILES string of the molecule is C[C@H](O)c1cc(Br)ccc1OCc1ccncc1Cl. The van der Waals surface area contributed by atoms with Gasteiger partial charge in [0.05, 0.1) is 11.1 Å². The Morgan fingerprint density at radius 2 is 2.21 bits per heavy atom. The van der Waals surface area contributed by atoms with Crippen LogP contribution in [0.1, 0.15) is 24.2 Å². The monoisotopic (exact) mass is 341 g/mol. The Morgan fingerprint density at radius 3 is 2.89 bits per heavy atom. The first-order valence-corrected chi connectivity index (χ1v) is 6.93. The molecule has 1 heterocycles. The Balaban J connectivity index is 2.18. The lowest BCUT2D eigenvalue weighted by Gasteiger charge is -2.14. The fraction of sp³-hybridized carbons (Fsp3) is 0.214. The highest BCUT2D eigenvalue weighted by Gasteiger charge is 2.10. The first kappa shape index (κ1) is 14.3. The van der Waals surface area contributed by atoms with Gasteiger partial charge in [0.2, 0.25) is 0 Å². The number of benzene rings is 1. The van der Waals surface area contributed by atoms with E-state index in [1.54, 1.807) is 19.3 Å². The Hall–Kier alpha value is -1.10. The van der Waals surface area contributed by atoms with Crippen LogP contribution in [0.5, 0.6) is 5.75 Å². The fourth-order valence-corrected chi connectivity index (χ4v) is 2.21. The van der Waals surface area contributed by atoms with E-state index in [2.05, 4.69) is 20.9 Å². The Morgan fingerprint density at radius 1 is 1.42 bits per heavy atom. The fourth-order valence-electron chi connectivity index (χ4n) is 1.65. The summed E-state index contributed by atoms with van der Waals surface area (Å²) < 4.78 is 6.63. The van der Waals surface area contributed by atoms with Crippen LogP contribution in [-0.2, 0) is 6.61 Å². The normalized spacial score (nSPS) is 12.2. The second-order valence-electron chi connectivity index (χ2n) is 4.11. The first-order chi connectivity index (χ1) is 9.08. The molecule has 19 heavy (non-hydrogen) atoms. The van der Waals surface area contributed by atoms with Gasteiger partial charge in [-0.2, -0.15) is 0 Å². The molecule has 0 saturated carbocycles. The standard InChI is InChI=1S/C14H13BrClNO2/c1-9(18)12-6-11(15)2-3-14(12)19-8-10-4-5-17-7-13(10)16/h2-7,9,18H,8H2,1H3/t9-/m0/s1. The molecule has 2 aromatic rings. The minimum atomic E-state index is -0.597. The van der Waals surface area contributed by atoms with Crippen molar-refractivity contribution in [2.24, 2.45) is 0 Å². The number of hydrogen-bond acceptors (Lipinski definition) is 3.